The van der Waals surface area contributed by atoms with E-state index in [9.17, 15) is 14.0 Å². The number of ether oxygens (including phenoxy) is 2. The van der Waals surface area contributed by atoms with Crippen molar-refractivity contribution < 1.29 is 28.7 Å². The van der Waals surface area contributed by atoms with Crippen molar-refractivity contribution in [2.24, 2.45) is 0 Å². The van der Waals surface area contributed by atoms with E-state index >= 15 is 0 Å². The fourth-order valence-corrected chi connectivity index (χ4v) is 4.16. The third kappa shape index (κ3) is 4.23. The van der Waals surface area contributed by atoms with Crippen molar-refractivity contribution in [3.05, 3.63) is 94.3 Å². The van der Waals surface area contributed by atoms with E-state index in [2.05, 4.69) is 0 Å². The molecule has 2 amide bonds. The third-order valence-electron chi connectivity index (χ3n) is 5.96. The zero-order valence-corrected chi connectivity index (χ0v) is 18.1. The van der Waals surface area contributed by atoms with Crippen molar-refractivity contribution in [2.45, 2.75) is 13.0 Å². The first kappa shape index (κ1) is 21.7. The van der Waals surface area contributed by atoms with Crippen LogP contribution in [-0.2, 0) is 17.8 Å². The molecule has 7 nitrogen and oxygen atoms in total. The molecule has 0 saturated carbocycles. The van der Waals surface area contributed by atoms with Crippen LogP contribution in [0.2, 0.25) is 0 Å². The molecule has 8 heteroatoms. The normalized spacial score (nSPS) is 14.5. The van der Waals surface area contributed by atoms with Crippen LogP contribution in [0.5, 0.6) is 11.5 Å². The number of halogens is 1. The third-order valence-corrected chi connectivity index (χ3v) is 5.96. The number of nitrogens with zero attached hydrogens (tertiary/aromatic N) is 1. The van der Waals surface area contributed by atoms with Gasteiger partial charge in [0.2, 0.25) is 6.79 Å². The zero-order chi connectivity index (χ0) is 23.7. The van der Waals surface area contributed by atoms with Crippen LogP contribution < -0.4 is 15.0 Å². The van der Waals surface area contributed by atoms with Crippen LogP contribution in [0.4, 0.5) is 4.39 Å². The van der Waals surface area contributed by atoms with Crippen molar-refractivity contribution in [1.29, 1.82) is 0 Å². The topological polar surface area (TPSA) is 88.1 Å². The average molecular weight is 460 g/mol. The summed E-state index contributed by atoms with van der Waals surface area (Å²) < 4.78 is 24.3. The molecule has 0 atom stereocenters. The molecule has 0 bridgehead atoms. The second-order valence-corrected chi connectivity index (χ2v) is 8.08. The average Bonchev–Trinajstić information content (AvgIpc) is 3.35. The molecule has 0 radical (unpaired) electrons. The number of amides is 2. The number of rotatable bonds is 4. The molecule has 0 saturated heterocycles. The van der Waals surface area contributed by atoms with Crippen LogP contribution in [0, 0.1) is 5.82 Å². The molecule has 3 aromatic carbocycles. The van der Waals surface area contributed by atoms with Gasteiger partial charge in [0.1, 0.15) is 5.82 Å². The first-order valence-electron chi connectivity index (χ1n) is 10.7. The molecule has 0 fully saturated rings. The van der Waals surface area contributed by atoms with Crippen molar-refractivity contribution in [1.82, 2.24) is 10.4 Å². The highest BCUT2D eigenvalue weighted by molar-refractivity contribution is 6.24. The molecule has 2 heterocycles. The van der Waals surface area contributed by atoms with Gasteiger partial charge < -0.3 is 14.4 Å². The first-order chi connectivity index (χ1) is 16.5. The Bertz CT molecular complexity index is 1300. The maximum absolute atomic E-state index is 13.7. The Morgan fingerprint density at radius 3 is 2.50 bits per heavy atom. The lowest BCUT2D eigenvalue weighted by atomic mass is 9.95. The van der Waals surface area contributed by atoms with Gasteiger partial charge >= 0.3 is 0 Å². The van der Waals surface area contributed by atoms with Gasteiger partial charge in [0, 0.05) is 24.2 Å². The van der Waals surface area contributed by atoms with Crippen LogP contribution in [0.15, 0.2) is 60.7 Å². The van der Waals surface area contributed by atoms with Crippen molar-refractivity contribution in [2.75, 3.05) is 13.3 Å². The van der Waals surface area contributed by atoms with Gasteiger partial charge in [-0.15, -0.1) is 0 Å². The minimum Gasteiger partial charge on any atom is -0.454 e. The minimum absolute atomic E-state index is 0.121. The second-order valence-electron chi connectivity index (χ2n) is 8.08. The maximum Gasteiger partial charge on any atom is 0.274 e. The monoisotopic (exact) mass is 460 g/mol. The molecule has 0 unspecified atom stereocenters. The van der Waals surface area contributed by atoms with E-state index in [1.54, 1.807) is 58.9 Å². The molecule has 3 aromatic rings. The Balaban J connectivity index is 1.50. The van der Waals surface area contributed by atoms with Crippen LogP contribution in [0.3, 0.4) is 0 Å². The number of hydroxylamine groups is 1. The summed E-state index contributed by atoms with van der Waals surface area (Å²) in [5, 5.41) is 8.94. The lowest BCUT2D eigenvalue weighted by Crippen LogP contribution is -2.36. The lowest BCUT2D eigenvalue weighted by Gasteiger charge is -2.30. The Hall–Kier alpha value is -4.17. The molecule has 0 spiro atoms. The predicted molar refractivity (Wildman–Crippen MR) is 122 cm³/mol. The largest absolute Gasteiger partial charge is 0.454 e. The van der Waals surface area contributed by atoms with Crippen molar-refractivity contribution in [3.8, 4) is 11.5 Å². The summed E-state index contributed by atoms with van der Waals surface area (Å²) in [6.45, 7) is 0.936. The number of benzene rings is 3. The summed E-state index contributed by atoms with van der Waals surface area (Å²) in [5.74, 6) is -0.00399. The Morgan fingerprint density at radius 1 is 0.941 bits per heavy atom. The summed E-state index contributed by atoms with van der Waals surface area (Å²) in [6, 6.07) is 16.4. The number of hydrogen-bond donors (Lipinski definition) is 2. The lowest BCUT2D eigenvalue weighted by molar-refractivity contribution is -0.125. The zero-order valence-electron chi connectivity index (χ0n) is 18.1. The number of nitrogens with one attached hydrogen (secondary N) is 1. The summed E-state index contributed by atoms with van der Waals surface area (Å²) in [6.07, 6.45) is 2.36. The second kappa shape index (κ2) is 8.99. The maximum atomic E-state index is 13.7. The van der Waals surface area contributed by atoms with Crippen LogP contribution >= 0.6 is 0 Å². The Morgan fingerprint density at radius 2 is 1.71 bits per heavy atom. The Kier molecular flexibility index (Phi) is 5.73. The van der Waals surface area contributed by atoms with E-state index in [1.807, 2.05) is 6.07 Å². The summed E-state index contributed by atoms with van der Waals surface area (Å²) in [4.78, 5) is 27.3. The SMILES string of the molecule is O=C(NO)c1ccc2c(c1)CN(C(=O)C(=Cc1ccc(F)cc1)c1ccc3c(c1)OCO3)CC2. The van der Waals surface area contributed by atoms with Crippen molar-refractivity contribution >= 4 is 23.5 Å². The smallest absolute Gasteiger partial charge is 0.274 e. The van der Waals surface area contributed by atoms with E-state index in [1.165, 1.54) is 12.1 Å². The fourth-order valence-electron chi connectivity index (χ4n) is 4.16. The standard InChI is InChI=1S/C26H21FN2O5/c27-21-6-1-16(2-7-21)11-22(18-5-8-23-24(13-18)34-15-33-23)26(31)29-10-9-17-3-4-19(25(30)28-32)12-20(17)14-29/h1-8,11-13,32H,9-10,14-15H2,(H,28,30). The molecule has 2 aliphatic rings. The molecule has 0 aliphatic carbocycles. The number of hydrogen-bond acceptors (Lipinski definition) is 5. The molecule has 2 N–H and O–H groups in total. The van der Waals surface area contributed by atoms with Crippen LogP contribution in [0.1, 0.15) is 32.6 Å². The highest BCUT2D eigenvalue weighted by atomic mass is 19.1. The minimum atomic E-state index is -0.608. The molecule has 2 aliphatic heterocycles. The highest BCUT2D eigenvalue weighted by Gasteiger charge is 2.26. The van der Waals surface area contributed by atoms with Gasteiger partial charge in [-0.3, -0.25) is 14.8 Å². The van der Waals surface area contributed by atoms with Gasteiger partial charge in [0.25, 0.3) is 11.8 Å². The van der Waals surface area contributed by atoms with E-state index in [0.29, 0.717) is 53.3 Å². The van der Waals surface area contributed by atoms with Gasteiger partial charge in [0.15, 0.2) is 11.5 Å². The molecule has 172 valence electrons. The van der Waals surface area contributed by atoms with Gasteiger partial charge in [0.05, 0.1) is 0 Å². The van der Waals surface area contributed by atoms with Crippen LogP contribution in [0.25, 0.3) is 11.6 Å². The van der Waals surface area contributed by atoms with Crippen LogP contribution in [-0.4, -0.2) is 35.3 Å². The van der Waals surface area contributed by atoms with Crippen molar-refractivity contribution in [3.63, 3.8) is 0 Å². The van der Waals surface area contributed by atoms with Gasteiger partial charge in [-0.2, -0.15) is 0 Å². The molecule has 34 heavy (non-hydrogen) atoms. The van der Waals surface area contributed by atoms with Gasteiger partial charge in [-0.05, 0) is 71.1 Å². The van der Waals surface area contributed by atoms with E-state index in [-0.39, 0.29) is 18.5 Å². The predicted octanol–water partition coefficient (Wildman–Crippen LogP) is 3.80. The summed E-state index contributed by atoms with van der Waals surface area (Å²) in [5.41, 5.74) is 5.60. The number of carbonyl (C=O) groups is 2. The van der Waals surface area contributed by atoms with E-state index < -0.39 is 5.91 Å². The molecular weight excluding hydrogens is 439 g/mol. The fraction of sp³-hybridized carbons (Fsp3) is 0.154. The van der Waals surface area contributed by atoms with Gasteiger partial charge in [-0.1, -0.05) is 24.3 Å². The number of fused-ring (bicyclic) bond motifs is 2. The summed E-state index contributed by atoms with van der Waals surface area (Å²) in [7, 11) is 0. The first-order valence-corrected chi connectivity index (χ1v) is 10.7. The van der Waals surface area contributed by atoms with E-state index in [4.69, 9.17) is 14.7 Å². The number of carbonyl (C=O) groups excluding carboxylic acids is 2. The Labute approximate surface area is 195 Å². The highest BCUT2D eigenvalue weighted by Crippen LogP contribution is 2.36. The van der Waals surface area contributed by atoms with Gasteiger partial charge in [-0.25, -0.2) is 9.87 Å². The molecular formula is C26H21FN2O5. The summed E-state index contributed by atoms with van der Waals surface area (Å²) >= 11 is 0. The quantitative estimate of drug-likeness (QED) is 0.268. The molecule has 5 rings (SSSR count). The molecule has 0 aromatic heterocycles. The van der Waals surface area contributed by atoms with E-state index in [0.717, 1.165) is 11.1 Å².